The lowest BCUT2D eigenvalue weighted by atomic mass is 9.71. The number of hydrogen-bond donors (Lipinski definition) is 1. The number of rotatable bonds is 4. The van der Waals surface area contributed by atoms with Gasteiger partial charge in [0.15, 0.2) is 0 Å². The number of aliphatic carboxylic acids is 1. The molecule has 0 heterocycles. The molecule has 0 aromatic rings. The monoisotopic (exact) mass is 486 g/mol. The van der Waals surface area contributed by atoms with Crippen molar-refractivity contribution in [2.75, 3.05) is 0 Å². The van der Waals surface area contributed by atoms with Gasteiger partial charge in [-0.1, -0.05) is 140 Å². The summed E-state index contributed by atoms with van der Waals surface area (Å²) in [6.07, 6.45) is 35.2. The molecule has 0 saturated heterocycles. The molecule has 1 N–H and O–H groups in total. The van der Waals surface area contributed by atoms with Gasteiger partial charge in [0, 0.05) is 5.57 Å². The van der Waals surface area contributed by atoms with Crippen molar-refractivity contribution in [1.29, 1.82) is 0 Å². The minimum Gasteiger partial charge on any atom is -0.478 e. The van der Waals surface area contributed by atoms with E-state index in [1.54, 1.807) is 0 Å². The van der Waals surface area contributed by atoms with E-state index < -0.39 is 5.97 Å². The highest BCUT2D eigenvalue weighted by molar-refractivity contribution is 5.88. The molecule has 0 radical (unpaired) electrons. The van der Waals surface area contributed by atoms with Crippen molar-refractivity contribution in [3.05, 3.63) is 11.1 Å². The summed E-state index contributed by atoms with van der Waals surface area (Å²) >= 11 is 0. The maximum absolute atomic E-state index is 13.2. The Bertz CT molecular complexity index is 548. The minimum absolute atomic E-state index is 0.298. The SMILES string of the molecule is O=C(O)C(=C(C1CCCCCCCCC1)C1CCCCCCCCC1)C1CCCCCCCCC1. The molecule has 0 aromatic heterocycles. The molecule has 3 aliphatic rings. The highest BCUT2D eigenvalue weighted by Crippen LogP contribution is 2.42. The standard InChI is InChI=1S/C33H58O2/c34-33(35)32(30-26-20-14-8-3-9-15-21-27-30)31(28-22-16-10-4-1-5-11-17-23-28)29-24-18-12-6-2-7-13-19-25-29/h28-30H,1-27H2,(H,34,35). The Morgan fingerprint density at radius 3 is 0.857 bits per heavy atom. The average Bonchev–Trinajstić information content (AvgIpc) is 2.87. The highest BCUT2D eigenvalue weighted by Gasteiger charge is 2.32. The van der Waals surface area contributed by atoms with Crippen LogP contribution in [0.25, 0.3) is 0 Å². The van der Waals surface area contributed by atoms with Gasteiger partial charge in [-0.15, -0.1) is 0 Å². The second-order valence-corrected chi connectivity index (χ2v) is 12.4. The van der Waals surface area contributed by atoms with Crippen molar-refractivity contribution in [3.63, 3.8) is 0 Å². The van der Waals surface area contributed by atoms with E-state index in [1.165, 1.54) is 166 Å². The van der Waals surface area contributed by atoms with Gasteiger partial charge in [0.1, 0.15) is 0 Å². The van der Waals surface area contributed by atoms with Gasteiger partial charge in [0.05, 0.1) is 0 Å². The van der Waals surface area contributed by atoms with Crippen LogP contribution in [0.2, 0.25) is 0 Å². The summed E-state index contributed by atoms with van der Waals surface area (Å²) < 4.78 is 0. The molecule has 202 valence electrons. The first-order valence-electron chi connectivity index (χ1n) is 16.2. The summed E-state index contributed by atoms with van der Waals surface area (Å²) in [7, 11) is 0. The van der Waals surface area contributed by atoms with E-state index in [-0.39, 0.29) is 0 Å². The lowest BCUT2D eigenvalue weighted by Crippen LogP contribution is -2.25. The lowest BCUT2D eigenvalue weighted by molar-refractivity contribution is -0.133. The highest BCUT2D eigenvalue weighted by atomic mass is 16.4. The van der Waals surface area contributed by atoms with E-state index in [2.05, 4.69) is 0 Å². The second kappa shape index (κ2) is 17.6. The van der Waals surface area contributed by atoms with Crippen molar-refractivity contribution in [3.8, 4) is 0 Å². The summed E-state index contributed by atoms with van der Waals surface area (Å²) in [6.45, 7) is 0. The molecule has 0 spiro atoms. The van der Waals surface area contributed by atoms with Crippen molar-refractivity contribution in [2.45, 2.75) is 173 Å². The molecule has 2 nitrogen and oxygen atoms in total. The number of carboxylic acid groups (broad SMARTS) is 1. The van der Waals surface area contributed by atoms with Gasteiger partial charge in [-0.3, -0.25) is 0 Å². The molecule has 0 aromatic carbocycles. The predicted molar refractivity (Wildman–Crippen MR) is 150 cm³/mol. The summed E-state index contributed by atoms with van der Waals surface area (Å²) in [5.74, 6) is 0.813. The lowest BCUT2D eigenvalue weighted by Gasteiger charge is -2.34. The summed E-state index contributed by atoms with van der Waals surface area (Å²) in [5.41, 5.74) is 2.43. The molecule has 2 heteroatoms. The Hall–Kier alpha value is -0.790. The smallest absolute Gasteiger partial charge is 0.331 e. The Morgan fingerprint density at radius 2 is 0.600 bits per heavy atom. The zero-order chi connectivity index (χ0) is 24.6. The molecule has 3 saturated carbocycles. The van der Waals surface area contributed by atoms with Gasteiger partial charge in [-0.2, -0.15) is 0 Å². The summed E-state index contributed by atoms with van der Waals surface area (Å²) in [5, 5.41) is 10.8. The Labute approximate surface area is 218 Å². The summed E-state index contributed by atoms with van der Waals surface area (Å²) in [6, 6.07) is 0. The van der Waals surface area contributed by atoms with Gasteiger partial charge in [0.2, 0.25) is 0 Å². The van der Waals surface area contributed by atoms with Crippen LogP contribution < -0.4 is 0 Å². The number of hydrogen-bond acceptors (Lipinski definition) is 1. The first kappa shape index (κ1) is 28.8. The van der Waals surface area contributed by atoms with Crippen molar-refractivity contribution in [1.82, 2.24) is 0 Å². The molecule has 35 heavy (non-hydrogen) atoms. The van der Waals surface area contributed by atoms with Crippen LogP contribution in [0, 0.1) is 17.8 Å². The first-order valence-corrected chi connectivity index (χ1v) is 16.2. The number of carbonyl (C=O) groups is 1. The summed E-state index contributed by atoms with van der Waals surface area (Å²) in [4.78, 5) is 13.2. The van der Waals surface area contributed by atoms with E-state index >= 15 is 0 Å². The average molecular weight is 487 g/mol. The van der Waals surface area contributed by atoms with E-state index in [4.69, 9.17) is 0 Å². The zero-order valence-electron chi connectivity index (χ0n) is 23.2. The molecule has 0 bridgehead atoms. The first-order chi connectivity index (χ1) is 17.3. The van der Waals surface area contributed by atoms with Crippen molar-refractivity contribution < 1.29 is 9.90 Å². The molecule has 3 aliphatic carbocycles. The fourth-order valence-electron chi connectivity index (χ4n) is 7.65. The molecule has 0 atom stereocenters. The van der Waals surface area contributed by atoms with Gasteiger partial charge in [0.25, 0.3) is 0 Å². The van der Waals surface area contributed by atoms with Gasteiger partial charge < -0.3 is 5.11 Å². The van der Waals surface area contributed by atoms with Gasteiger partial charge >= 0.3 is 5.97 Å². The zero-order valence-corrected chi connectivity index (χ0v) is 23.2. The third-order valence-corrected chi connectivity index (χ3v) is 9.64. The number of allylic oxidation sites excluding steroid dienone is 1. The van der Waals surface area contributed by atoms with Crippen LogP contribution in [-0.2, 0) is 4.79 Å². The fraction of sp³-hybridized carbons (Fsp3) is 0.909. The van der Waals surface area contributed by atoms with Gasteiger partial charge in [-0.25, -0.2) is 4.79 Å². The Kier molecular flexibility index (Phi) is 14.5. The maximum atomic E-state index is 13.2. The van der Waals surface area contributed by atoms with Crippen LogP contribution in [0.15, 0.2) is 11.1 Å². The molecule has 0 aliphatic heterocycles. The quantitative estimate of drug-likeness (QED) is 0.401. The van der Waals surface area contributed by atoms with E-state index in [0.29, 0.717) is 17.8 Å². The fourth-order valence-corrected chi connectivity index (χ4v) is 7.65. The van der Waals surface area contributed by atoms with Gasteiger partial charge in [-0.05, 0) is 56.3 Å². The number of carboxylic acids is 1. The molecule has 0 unspecified atom stereocenters. The molecule has 3 rings (SSSR count). The minimum atomic E-state index is -0.545. The normalized spacial score (nSPS) is 24.8. The molecular formula is C33H58O2. The Morgan fingerprint density at radius 1 is 0.371 bits per heavy atom. The van der Waals surface area contributed by atoms with E-state index in [0.717, 1.165) is 18.4 Å². The molecule has 3 fully saturated rings. The second-order valence-electron chi connectivity index (χ2n) is 12.4. The van der Waals surface area contributed by atoms with Crippen LogP contribution in [0.1, 0.15) is 173 Å². The molecule has 0 amide bonds. The van der Waals surface area contributed by atoms with Crippen LogP contribution in [0.4, 0.5) is 0 Å². The van der Waals surface area contributed by atoms with E-state index in [1.807, 2.05) is 0 Å². The maximum Gasteiger partial charge on any atom is 0.331 e. The van der Waals surface area contributed by atoms with Crippen LogP contribution in [0.3, 0.4) is 0 Å². The van der Waals surface area contributed by atoms with Crippen LogP contribution >= 0.6 is 0 Å². The Balaban J connectivity index is 1.96. The van der Waals surface area contributed by atoms with Crippen molar-refractivity contribution in [2.24, 2.45) is 17.8 Å². The molecular weight excluding hydrogens is 428 g/mol. The topological polar surface area (TPSA) is 37.3 Å². The van der Waals surface area contributed by atoms with E-state index in [9.17, 15) is 9.90 Å². The third kappa shape index (κ3) is 10.6. The van der Waals surface area contributed by atoms with Crippen LogP contribution in [-0.4, -0.2) is 11.1 Å². The van der Waals surface area contributed by atoms with Crippen molar-refractivity contribution >= 4 is 5.97 Å². The predicted octanol–water partition coefficient (Wildman–Crippen LogP) is 10.8. The largest absolute Gasteiger partial charge is 0.478 e. The van der Waals surface area contributed by atoms with Crippen LogP contribution in [0.5, 0.6) is 0 Å². The third-order valence-electron chi connectivity index (χ3n) is 9.64.